The fourth-order valence-corrected chi connectivity index (χ4v) is 2.51. The molecule has 0 aliphatic heterocycles. The topological polar surface area (TPSA) is 45.2 Å². The highest BCUT2D eigenvalue weighted by atomic mass is 16.1. The number of pyridine rings is 1. The quantitative estimate of drug-likeness (QED) is 0.745. The largest absolute Gasteiger partial charge is 0.352 e. The maximum atomic E-state index is 12.3. The summed E-state index contributed by atoms with van der Waals surface area (Å²) in [6, 6.07) is 14.3. The highest BCUT2D eigenvalue weighted by Gasteiger charge is 2.15. The molecule has 1 N–H and O–H groups in total. The predicted molar refractivity (Wildman–Crippen MR) is 99.2 cm³/mol. The molecule has 1 aromatic heterocycles. The molecular formula is C20H27N3O. The van der Waals surface area contributed by atoms with Gasteiger partial charge in [-0.1, -0.05) is 43.7 Å². The second-order valence-electron chi connectivity index (χ2n) is 6.22. The standard InChI is InChI=1S/C20H27N3O/c1-4-5-12-22-20(24)18-11-13-21-19(14-18)23(16(2)3)15-17-9-7-6-8-10-17/h6-11,13-14,16H,4-5,12,15H2,1-3H3,(H,22,24). The summed E-state index contributed by atoms with van der Waals surface area (Å²) >= 11 is 0. The van der Waals surface area contributed by atoms with E-state index in [9.17, 15) is 4.79 Å². The van der Waals surface area contributed by atoms with Crippen molar-refractivity contribution in [2.45, 2.75) is 46.2 Å². The molecule has 1 heterocycles. The van der Waals surface area contributed by atoms with Gasteiger partial charge in [0.2, 0.25) is 0 Å². The van der Waals surface area contributed by atoms with Crippen LogP contribution in [0.15, 0.2) is 48.7 Å². The first-order valence-electron chi connectivity index (χ1n) is 8.66. The van der Waals surface area contributed by atoms with Gasteiger partial charge in [0.1, 0.15) is 5.82 Å². The molecule has 128 valence electrons. The normalized spacial score (nSPS) is 10.7. The van der Waals surface area contributed by atoms with Crippen molar-refractivity contribution < 1.29 is 4.79 Å². The van der Waals surface area contributed by atoms with Gasteiger partial charge in [-0.3, -0.25) is 4.79 Å². The highest BCUT2D eigenvalue weighted by Crippen LogP contribution is 2.19. The molecule has 0 atom stereocenters. The number of carbonyl (C=O) groups excluding carboxylic acids is 1. The molecule has 0 radical (unpaired) electrons. The van der Waals surface area contributed by atoms with Crippen molar-refractivity contribution in [1.82, 2.24) is 10.3 Å². The second-order valence-corrected chi connectivity index (χ2v) is 6.22. The second kappa shape index (κ2) is 9.06. The van der Waals surface area contributed by atoms with E-state index in [4.69, 9.17) is 0 Å². The molecule has 1 amide bonds. The van der Waals surface area contributed by atoms with Gasteiger partial charge in [-0.05, 0) is 38.0 Å². The van der Waals surface area contributed by atoms with Crippen molar-refractivity contribution in [3.8, 4) is 0 Å². The minimum Gasteiger partial charge on any atom is -0.352 e. The van der Waals surface area contributed by atoms with E-state index in [0.29, 0.717) is 12.1 Å². The van der Waals surface area contributed by atoms with Crippen LogP contribution in [0.5, 0.6) is 0 Å². The molecule has 4 nitrogen and oxygen atoms in total. The molecule has 0 aliphatic carbocycles. The molecule has 24 heavy (non-hydrogen) atoms. The van der Waals surface area contributed by atoms with E-state index in [1.807, 2.05) is 24.3 Å². The molecule has 0 fully saturated rings. The van der Waals surface area contributed by atoms with E-state index in [1.165, 1.54) is 5.56 Å². The average Bonchev–Trinajstić information content (AvgIpc) is 2.60. The van der Waals surface area contributed by atoms with Crippen LogP contribution in [0, 0.1) is 0 Å². The smallest absolute Gasteiger partial charge is 0.251 e. The fourth-order valence-electron chi connectivity index (χ4n) is 2.51. The zero-order valence-electron chi connectivity index (χ0n) is 14.8. The lowest BCUT2D eigenvalue weighted by Crippen LogP contribution is -2.31. The van der Waals surface area contributed by atoms with Crippen LogP contribution < -0.4 is 10.2 Å². The van der Waals surface area contributed by atoms with Crippen molar-refractivity contribution in [2.75, 3.05) is 11.4 Å². The zero-order chi connectivity index (χ0) is 17.4. The summed E-state index contributed by atoms with van der Waals surface area (Å²) in [7, 11) is 0. The molecule has 0 saturated heterocycles. The minimum atomic E-state index is -0.0319. The maximum absolute atomic E-state index is 12.3. The molecule has 0 spiro atoms. The van der Waals surface area contributed by atoms with Gasteiger partial charge in [-0.2, -0.15) is 0 Å². The Kier molecular flexibility index (Phi) is 6.79. The Labute approximate surface area is 144 Å². The molecule has 4 heteroatoms. The zero-order valence-corrected chi connectivity index (χ0v) is 14.8. The van der Waals surface area contributed by atoms with Gasteiger partial charge in [-0.25, -0.2) is 4.98 Å². The first-order chi connectivity index (χ1) is 11.6. The number of unbranched alkanes of at least 4 members (excludes halogenated alkanes) is 1. The van der Waals surface area contributed by atoms with Gasteiger partial charge >= 0.3 is 0 Å². The average molecular weight is 325 g/mol. The van der Waals surface area contributed by atoms with Gasteiger partial charge in [-0.15, -0.1) is 0 Å². The van der Waals surface area contributed by atoms with Crippen LogP contribution in [-0.4, -0.2) is 23.5 Å². The lowest BCUT2D eigenvalue weighted by Gasteiger charge is -2.28. The molecule has 0 bridgehead atoms. The Morgan fingerprint density at radius 3 is 2.62 bits per heavy atom. The van der Waals surface area contributed by atoms with Crippen molar-refractivity contribution in [2.24, 2.45) is 0 Å². The van der Waals surface area contributed by atoms with Crippen molar-refractivity contribution >= 4 is 11.7 Å². The monoisotopic (exact) mass is 325 g/mol. The molecule has 0 saturated carbocycles. The summed E-state index contributed by atoms with van der Waals surface area (Å²) in [4.78, 5) is 19.0. The van der Waals surface area contributed by atoms with Crippen LogP contribution in [-0.2, 0) is 6.54 Å². The van der Waals surface area contributed by atoms with Crippen LogP contribution in [0.25, 0.3) is 0 Å². The summed E-state index contributed by atoms with van der Waals surface area (Å²) in [6.07, 6.45) is 3.78. The van der Waals surface area contributed by atoms with Crippen LogP contribution in [0.2, 0.25) is 0 Å². The summed E-state index contributed by atoms with van der Waals surface area (Å²) in [5.74, 6) is 0.799. The molecule has 0 aliphatic rings. The summed E-state index contributed by atoms with van der Waals surface area (Å²) in [5.41, 5.74) is 1.89. The Morgan fingerprint density at radius 1 is 1.21 bits per heavy atom. The van der Waals surface area contributed by atoms with Gasteiger partial charge in [0.05, 0.1) is 0 Å². The number of anilines is 1. The van der Waals surface area contributed by atoms with Crippen LogP contribution in [0.4, 0.5) is 5.82 Å². The third-order valence-electron chi connectivity index (χ3n) is 3.94. The van der Waals surface area contributed by atoms with Gasteiger partial charge < -0.3 is 10.2 Å². The maximum Gasteiger partial charge on any atom is 0.251 e. The number of nitrogens with one attached hydrogen (secondary N) is 1. The summed E-state index contributed by atoms with van der Waals surface area (Å²) in [5, 5.41) is 2.96. The molecule has 2 rings (SSSR count). The number of rotatable bonds is 8. The number of amides is 1. The van der Waals surface area contributed by atoms with E-state index < -0.39 is 0 Å². The molecule has 0 unspecified atom stereocenters. The van der Waals surface area contributed by atoms with Crippen molar-refractivity contribution in [3.63, 3.8) is 0 Å². The van der Waals surface area contributed by atoms with Crippen LogP contribution >= 0.6 is 0 Å². The molecule has 2 aromatic rings. The SMILES string of the molecule is CCCCNC(=O)c1ccnc(N(Cc2ccccc2)C(C)C)c1. The Morgan fingerprint density at radius 2 is 1.96 bits per heavy atom. The first kappa shape index (κ1) is 18.0. The highest BCUT2D eigenvalue weighted by molar-refractivity contribution is 5.94. The lowest BCUT2D eigenvalue weighted by atomic mass is 10.1. The van der Waals surface area contributed by atoms with Gasteiger partial charge in [0.15, 0.2) is 0 Å². The number of nitrogens with zero attached hydrogens (tertiary/aromatic N) is 2. The Balaban J connectivity index is 2.15. The van der Waals surface area contributed by atoms with E-state index in [-0.39, 0.29) is 11.9 Å². The summed E-state index contributed by atoms with van der Waals surface area (Å²) < 4.78 is 0. The number of carbonyl (C=O) groups is 1. The van der Waals surface area contributed by atoms with Gasteiger partial charge in [0.25, 0.3) is 5.91 Å². The fraction of sp³-hybridized carbons (Fsp3) is 0.400. The predicted octanol–water partition coefficient (Wildman–Crippen LogP) is 4.03. The third-order valence-corrected chi connectivity index (χ3v) is 3.94. The Bertz CT molecular complexity index is 640. The molecule has 1 aromatic carbocycles. The van der Waals surface area contributed by atoms with Crippen molar-refractivity contribution in [3.05, 3.63) is 59.8 Å². The molecular weight excluding hydrogens is 298 g/mol. The van der Waals surface area contributed by atoms with Crippen molar-refractivity contribution in [1.29, 1.82) is 0 Å². The number of aromatic nitrogens is 1. The Hall–Kier alpha value is -2.36. The number of benzene rings is 1. The lowest BCUT2D eigenvalue weighted by molar-refractivity contribution is 0.0953. The third kappa shape index (κ3) is 5.08. The minimum absolute atomic E-state index is 0.0319. The van der Waals surface area contributed by atoms with Gasteiger partial charge in [0, 0.05) is 30.9 Å². The van der Waals surface area contributed by atoms with E-state index in [0.717, 1.165) is 25.2 Å². The number of hydrogen-bond acceptors (Lipinski definition) is 3. The van der Waals surface area contributed by atoms with Crippen LogP contribution in [0.3, 0.4) is 0 Å². The van der Waals surface area contributed by atoms with E-state index in [1.54, 1.807) is 12.3 Å². The van der Waals surface area contributed by atoms with Crippen LogP contribution in [0.1, 0.15) is 49.5 Å². The van der Waals surface area contributed by atoms with E-state index in [2.05, 4.69) is 48.1 Å². The first-order valence-corrected chi connectivity index (χ1v) is 8.66. The summed E-state index contributed by atoms with van der Waals surface area (Å²) in [6.45, 7) is 7.87. The number of hydrogen-bond donors (Lipinski definition) is 1. The van der Waals surface area contributed by atoms with E-state index >= 15 is 0 Å².